The number of hydrogen-bond donors (Lipinski definition) is 2. The predicted octanol–water partition coefficient (Wildman–Crippen LogP) is 1.44. The summed E-state index contributed by atoms with van der Waals surface area (Å²) in [5, 5.41) is 2.87. The molecule has 17 heavy (non-hydrogen) atoms. The van der Waals surface area contributed by atoms with Crippen molar-refractivity contribution in [3.05, 3.63) is 29.8 Å². The average Bonchev–Trinajstić information content (AvgIpc) is 2.37. The normalized spacial score (nSPS) is 10.0. The van der Waals surface area contributed by atoms with Gasteiger partial charge < -0.3 is 15.8 Å². The molecule has 0 unspecified atom stereocenters. The highest BCUT2D eigenvalue weighted by atomic mass is 16.5. The molecule has 0 aliphatic carbocycles. The van der Waals surface area contributed by atoms with E-state index in [0.717, 1.165) is 24.2 Å². The number of carbonyl (C=O) groups excluding carboxylic acids is 1. The van der Waals surface area contributed by atoms with Gasteiger partial charge in [-0.3, -0.25) is 4.79 Å². The molecular weight excluding hydrogens is 216 g/mol. The van der Waals surface area contributed by atoms with Crippen LogP contribution in [0.4, 0.5) is 0 Å². The highest BCUT2D eigenvalue weighted by molar-refractivity contribution is 5.75. The van der Waals surface area contributed by atoms with Gasteiger partial charge in [-0.1, -0.05) is 12.1 Å². The van der Waals surface area contributed by atoms with Crippen molar-refractivity contribution in [2.75, 3.05) is 13.7 Å². The van der Waals surface area contributed by atoms with E-state index in [0.29, 0.717) is 19.5 Å². The number of methoxy groups -OCH3 is 1. The van der Waals surface area contributed by atoms with E-state index in [4.69, 9.17) is 10.5 Å². The molecule has 0 spiro atoms. The number of benzene rings is 1. The van der Waals surface area contributed by atoms with Crippen LogP contribution in [0.15, 0.2) is 24.3 Å². The summed E-state index contributed by atoms with van der Waals surface area (Å²) in [5.74, 6) is 0.876. The van der Waals surface area contributed by atoms with Crippen molar-refractivity contribution in [1.29, 1.82) is 0 Å². The third-order valence-corrected chi connectivity index (χ3v) is 2.48. The summed E-state index contributed by atoms with van der Waals surface area (Å²) in [6.07, 6.45) is 2.29. The van der Waals surface area contributed by atoms with E-state index in [1.54, 1.807) is 7.11 Å². The molecule has 4 nitrogen and oxygen atoms in total. The summed E-state index contributed by atoms with van der Waals surface area (Å²) in [7, 11) is 1.63. The maximum absolute atomic E-state index is 11.5. The zero-order valence-electron chi connectivity index (χ0n) is 10.2. The van der Waals surface area contributed by atoms with E-state index in [9.17, 15) is 4.79 Å². The summed E-state index contributed by atoms with van der Waals surface area (Å²) in [4.78, 5) is 11.5. The number of nitrogens with one attached hydrogen (secondary N) is 1. The highest BCUT2D eigenvalue weighted by Gasteiger charge is 2.01. The van der Waals surface area contributed by atoms with E-state index >= 15 is 0 Å². The first-order valence-electron chi connectivity index (χ1n) is 5.86. The Hall–Kier alpha value is -1.55. The van der Waals surface area contributed by atoms with Gasteiger partial charge in [-0.05, 0) is 37.1 Å². The second-order valence-electron chi connectivity index (χ2n) is 3.87. The van der Waals surface area contributed by atoms with Crippen LogP contribution < -0.4 is 15.8 Å². The van der Waals surface area contributed by atoms with Gasteiger partial charge >= 0.3 is 0 Å². The number of carbonyl (C=O) groups is 1. The lowest BCUT2D eigenvalue weighted by Gasteiger charge is -2.06. The molecule has 0 radical (unpaired) electrons. The number of hydrogen-bond acceptors (Lipinski definition) is 3. The summed E-state index contributed by atoms with van der Waals surface area (Å²) in [6, 6.07) is 7.67. The van der Waals surface area contributed by atoms with E-state index in [-0.39, 0.29) is 5.91 Å². The van der Waals surface area contributed by atoms with Crippen molar-refractivity contribution in [1.82, 2.24) is 5.32 Å². The zero-order chi connectivity index (χ0) is 12.5. The molecule has 1 aromatic rings. The quantitative estimate of drug-likeness (QED) is 0.704. The van der Waals surface area contributed by atoms with E-state index < -0.39 is 0 Å². The van der Waals surface area contributed by atoms with Crippen molar-refractivity contribution < 1.29 is 9.53 Å². The summed E-state index contributed by atoms with van der Waals surface area (Å²) in [6.45, 7) is 1.18. The number of unbranched alkanes of at least 4 members (excludes halogenated alkanes) is 1. The number of nitrogens with two attached hydrogens (primary N) is 1. The molecule has 0 heterocycles. The molecule has 0 aromatic heterocycles. The highest BCUT2D eigenvalue weighted by Crippen LogP contribution is 2.12. The predicted molar refractivity (Wildman–Crippen MR) is 67.7 cm³/mol. The molecule has 4 heteroatoms. The maximum Gasteiger partial charge on any atom is 0.220 e. The third-order valence-electron chi connectivity index (χ3n) is 2.48. The van der Waals surface area contributed by atoms with Gasteiger partial charge in [0.1, 0.15) is 5.75 Å². The average molecular weight is 236 g/mol. The molecule has 1 amide bonds. The first-order valence-corrected chi connectivity index (χ1v) is 5.86. The molecule has 1 aromatic carbocycles. The molecule has 0 aliphatic heterocycles. The lowest BCUT2D eigenvalue weighted by molar-refractivity contribution is -0.121. The summed E-state index contributed by atoms with van der Waals surface area (Å²) in [5.41, 5.74) is 6.40. The van der Waals surface area contributed by atoms with E-state index in [1.165, 1.54) is 0 Å². The smallest absolute Gasteiger partial charge is 0.220 e. The summed E-state index contributed by atoms with van der Waals surface area (Å²) >= 11 is 0. The van der Waals surface area contributed by atoms with Crippen molar-refractivity contribution in [2.45, 2.75) is 25.8 Å². The van der Waals surface area contributed by atoms with Crippen LogP contribution in [-0.4, -0.2) is 19.6 Å². The van der Waals surface area contributed by atoms with Crippen molar-refractivity contribution in [3.63, 3.8) is 0 Å². The van der Waals surface area contributed by atoms with Gasteiger partial charge in [-0.15, -0.1) is 0 Å². The molecule has 3 N–H and O–H groups in total. The van der Waals surface area contributed by atoms with Gasteiger partial charge in [0.25, 0.3) is 0 Å². The Kier molecular flexibility index (Phi) is 6.10. The van der Waals surface area contributed by atoms with Crippen LogP contribution in [0.5, 0.6) is 5.75 Å². The fourth-order valence-corrected chi connectivity index (χ4v) is 1.50. The van der Waals surface area contributed by atoms with Gasteiger partial charge in [-0.2, -0.15) is 0 Å². The molecule has 0 bridgehead atoms. The number of amides is 1. The zero-order valence-corrected chi connectivity index (χ0v) is 10.2. The number of ether oxygens (including phenoxy) is 1. The minimum Gasteiger partial charge on any atom is -0.497 e. The Balaban J connectivity index is 2.31. The number of rotatable bonds is 7. The monoisotopic (exact) mass is 236 g/mol. The Morgan fingerprint density at radius 1 is 1.41 bits per heavy atom. The van der Waals surface area contributed by atoms with Crippen LogP contribution in [0.3, 0.4) is 0 Å². The third kappa shape index (κ3) is 5.36. The second-order valence-corrected chi connectivity index (χ2v) is 3.87. The van der Waals surface area contributed by atoms with Crippen LogP contribution in [0.2, 0.25) is 0 Å². The van der Waals surface area contributed by atoms with E-state index in [2.05, 4.69) is 5.32 Å². The van der Waals surface area contributed by atoms with Gasteiger partial charge in [0.15, 0.2) is 0 Å². The van der Waals surface area contributed by atoms with Gasteiger partial charge in [-0.25, -0.2) is 0 Å². The van der Waals surface area contributed by atoms with Gasteiger partial charge in [0, 0.05) is 13.0 Å². The maximum atomic E-state index is 11.5. The topological polar surface area (TPSA) is 64.3 Å². The molecule has 1 rings (SSSR count). The largest absolute Gasteiger partial charge is 0.497 e. The standard InChI is InChI=1S/C13H20N2O2/c1-17-12-6-4-5-11(9-12)10-15-13(16)7-2-3-8-14/h4-6,9H,2-3,7-8,10,14H2,1H3,(H,15,16). The fraction of sp³-hybridized carbons (Fsp3) is 0.462. The summed E-state index contributed by atoms with van der Waals surface area (Å²) < 4.78 is 5.11. The van der Waals surface area contributed by atoms with Gasteiger partial charge in [0.2, 0.25) is 5.91 Å². The molecule has 94 valence electrons. The van der Waals surface area contributed by atoms with Crippen LogP contribution >= 0.6 is 0 Å². The Bertz CT molecular complexity index is 353. The molecule has 0 atom stereocenters. The minimum absolute atomic E-state index is 0.0706. The van der Waals surface area contributed by atoms with Crippen molar-refractivity contribution >= 4 is 5.91 Å². The van der Waals surface area contributed by atoms with E-state index in [1.807, 2.05) is 24.3 Å². The second kappa shape index (κ2) is 7.68. The minimum atomic E-state index is 0.0706. The lowest BCUT2D eigenvalue weighted by Crippen LogP contribution is -2.22. The van der Waals surface area contributed by atoms with Crippen molar-refractivity contribution in [2.24, 2.45) is 5.73 Å². The molecule has 0 aliphatic rings. The Labute approximate surface area is 102 Å². The molecule has 0 fully saturated rings. The first-order chi connectivity index (χ1) is 8.26. The Morgan fingerprint density at radius 3 is 2.94 bits per heavy atom. The molecule has 0 saturated carbocycles. The van der Waals surface area contributed by atoms with Crippen LogP contribution in [0.25, 0.3) is 0 Å². The van der Waals surface area contributed by atoms with Crippen LogP contribution in [0, 0.1) is 0 Å². The Morgan fingerprint density at radius 2 is 2.24 bits per heavy atom. The SMILES string of the molecule is COc1cccc(CNC(=O)CCCCN)c1. The lowest BCUT2D eigenvalue weighted by atomic mass is 10.2. The molecule has 0 saturated heterocycles. The van der Waals surface area contributed by atoms with Crippen LogP contribution in [0.1, 0.15) is 24.8 Å². The van der Waals surface area contributed by atoms with Crippen LogP contribution in [-0.2, 0) is 11.3 Å². The first kappa shape index (κ1) is 13.5. The van der Waals surface area contributed by atoms with Gasteiger partial charge in [0.05, 0.1) is 7.11 Å². The van der Waals surface area contributed by atoms with Crippen molar-refractivity contribution in [3.8, 4) is 5.75 Å². The molecular formula is C13H20N2O2. The fourth-order valence-electron chi connectivity index (χ4n) is 1.50.